The fourth-order valence-corrected chi connectivity index (χ4v) is 3.61. The summed E-state index contributed by atoms with van der Waals surface area (Å²) in [4.78, 5) is 18.6. The van der Waals surface area contributed by atoms with Crippen LogP contribution in [0.3, 0.4) is 0 Å². The second kappa shape index (κ2) is 8.32. The highest BCUT2D eigenvalue weighted by Crippen LogP contribution is 2.18. The van der Waals surface area contributed by atoms with E-state index in [0.29, 0.717) is 16.9 Å². The molecule has 8 heteroatoms. The van der Waals surface area contributed by atoms with Crippen molar-refractivity contribution in [1.29, 1.82) is 0 Å². The van der Waals surface area contributed by atoms with Crippen molar-refractivity contribution in [3.05, 3.63) is 78.0 Å². The van der Waals surface area contributed by atoms with Crippen LogP contribution in [0.15, 0.2) is 71.8 Å². The Labute approximate surface area is 170 Å². The predicted octanol–water partition coefficient (Wildman–Crippen LogP) is 3.51. The van der Waals surface area contributed by atoms with Gasteiger partial charge in [-0.2, -0.15) is 0 Å². The van der Waals surface area contributed by atoms with Crippen LogP contribution in [0.2, 0.25) is 0 Å². The Morgan fingerprint density at radius 3 is 2.07 bits per heavy atom. The zero-order chi connectivity index (χ0) is 21.0. The number of rotatable bonds is 6. The normalized spacial score (nSPS) is 11.0. The number of nitrogens with one attached hydrogen (secondary N) is 2. The molecule has 2 N–H and O–H groups in total. The van der Waals surface area contributed by atoms with Crippen LogP contribution < -0.4 is 14.9 Å². The van der Waals surface area contributed by atoms with E-state index in [1.54, 1.807) is 30.5 Å². The van der Waals surface area contributed by atoms with E-state index in [0.717, 1.165) is 11.4 Å². The first-order valence-corrected chi connectivity index (χ1v) is 10.4. The summed E-state index contributed by atoms with van der Waals surface area (Å²) in [6.07, 6.45) is 1.57. The number of aryl methyl sites for hydroxylation is 1. The largest absolute Gasteiger partial charge is 0.363 e. The van der Waals surface area contributed by atoms with Gasteiger partial charge in [0.2, 0.25) is 0 Å². The van der Waals surface area contributed by atoms with Crippen molar-refractivity contribution >= 4 is 33.1 Å². The number of hydrogen-bond donors (Lipinski definition) is 2. The summed E-state index contributed by atoms with van der Waals surface area (Å²) in [7, 11) is 0.0209. The number of sulfonamides is 1. The molecule has 0 aliphatic carbocycles. The van der Waals surface area contributed by atoms with Gasteiger partial charge in [-0.25, -0.2) is 13.4 Å². The van der Waals surface area contributed by atoms with Crippen LogP contribution in [0.5, 0.6) is 0 Å². The van der Waals surface area contributed by atoms with Crippen molar-refractivity contribution in [2.75, 3.05) is 29.0 Å². The van der Waals surface area contributed by atoms with Crippen molar-refractivity contribution in [3.63, 3.8) is 0 Å². The molecule has 3 rings (SSSR count). The molecule has 0 unspecified atom stereocenters. The number of anilines is 3. The topological polar surface area (TPSA) is 91.4 Å². The highest BCUT2D eigenvalue weighted by Gasteiger charge is 2.15. The molecule has 150 valence electrons. The van der Waals surface area contributed by atoms with Crippen LogP contribution in [0.4, 0.5) is 17.2 Å². The van der Waals surface area contributed by atoms with Crippen LogP contribution in [0.25, 0.3) is 0 Å². The van der Waals surface area contributed by atoms with E-state index in [1.807, 2.05) is 38.1 Å². The first kappa shape index (κ1) is 20.3. The number of benzene rings is 2. The zero-order valence-electron chi connectivity index (χ0n) is 16.4. The quantitative estimate of drug-likeness (QED) is 0.649. The third-order valence-electron chi connectivity index (χ3n) is 4.19. The number of nitrogens with zero attached hydrogens (tertiary/aromatic N) is 2. The molecule has 1 amide bonds. The Morgan fingerprint density at radius 2 is 1.52 bits per heavy atom. The molecular weight excluding hydrogens is 388 g/mol. The fourth-order valence-electron chi connectivity index (χ4n) is 2.55. The van der Waals surface area contributed by atoms with Gasteiger partial charge in [-0.15, -0.1) is 0 Å². The first-order chi connectivity index (χ1) is 13.7. The Balaban J connectivity index is 1.70. The fraction of sp³-hybridized carbons (Fsp3) is 0.143. The highest BCUT2D eigenvalue weighted by molar-refractivity contribution is 7.92. The number of aromatic nitrogens is 1. The minimum atomic E-state index is -3.74. The van der Waals surface area contributed by atoms with Gasteiger partial charge in [0.25, 0.3) is 15.9 Å². The molecule has 2 aromatic carbocycles. The second-order valence-electron chi connectivity index (χ2n) is 6.75. The van der Waals surface area contributed by atoms with Gasteiger partial charge in [0.1, 0.15) is 5.82 Å². The molecule has 0 saturated carbocycles. The molecule has 1 heterocycles. The van der Waals surface area contributed by atoms with Gasteiger partial charge in [-0.1, -0.05) is 17.7 Å². The molecular formula is C21H22N4O3S. The van der Waals surface area contributed by atoms with Gasteiger partial charge in [0, 0.05) is 25.3 Å². The summed E-state index contributed by atoms with van der Waals surface area (Å²) >= 11 is 0. The highest BCUT2D eigenvalue weighted by atomic mass is 32.2. The van der Waals surface area contributed by atoms with Gasteiger partial charge in [-0.3, -0.25) is 9.52 Å². The minimum absolute atomic E-state index is 0.0756. The number of carbonyl (C=O) groups is 1. The molecule has 0 radical (unpaired) electrons. The van der Waals surface area contributed by atoms with Crippen molar-refractivity contribution in [1.82, 2.24) is 4.98 Å². The molecule has 3 aromatic rings. The minimum Gasteiger partial charge on any atom is -0.363 e. The van der Waals surface area contributed by atoms with Gasteiger partial charge in [0.15, 0.2) is 0 Å². The van der Waals surface area contributed by atoms with E-state index in [4.69, 9.17) is 0 Å². The molecule has 0 bridgehead atoms. The lowest BCUT2D eigenvalue weighted by Gasteiger charge is -2.12. The third-order valence-corrected chi connectivity index (χ3v) is 5.59. The molecule has 29 heavy (non-hydrogen) atoms. The summed E-state index contributed by atoms with van der Waals surface area (Å²) in [5.74, 6) is 0.429. The van der Waals surface area contributed by atoms with Gasteiger partial charge in [-0.05, 0) is 55.5 Å². The number of amides is 1. The van der Waals surface area contributed by atoms with Crippen molar-refractivity contribution < 1.29 is 13.2 Å². The molecule has 0 fully saturated rings. The van der Waals surface area contributed by atoms with Gasteiger partial charge < -0.3 is 10.2 Å². The molecule has 0 atom stereocenters. The maximum absolute atomic E-state index is 12.5. The first-order valence-electron chi connectivity index (χ1n) is 8.89. The summed E-state index contributed by atoms with van der Waals surface area (Å²) < 4.78 is 27.6. The maximum atomic E-state index is 12.5. The Bertz CT molecular complexity index is 1090. The van der Waals surface area contributed by atoms with Crippen molar-refractivity contribution in [3.8, 4) is 0 Å². The Kier molecular flexibility index (Phi) is 5.84. The van der Waals surface area contributed by atoms with E-state index in [2.05, 4.69) is 15.0 Å². The van der Waals surface area contributed by atoms with Crippen LogP contribution in [0.1, 0.15) is 15.9 Å². The number of carbonyl (C=O) groups excluding carboxylic acids is 1. The number of pyridine rings is 1. The molecule has 0 spiro atoms. The standard InChI is InChI=1S/C21H22N4O3S/c1-15-4-8-17(9-5-15)24-29(27,28)19-11-6-16(7-12-19)21(26)23-18-10-13-20(22-14-18)25(2)3/h4-14,24H,1-3H3,(H,23,26). The Morgan fingerprint density at radius 1 is 0.897 bits per heavy atom. The van der Waals surface area contributed by atoms with E-state index in [-0.39, 0.29) is 10.8 Å². The predicted molar refractivity (Wildman–Crippen MR) is 115 cm³/mol. The van der Waals surface area contributed by atoms with Crippen LogP contribution in [-0.4, -0.2) is 33.4 Å². The van der Waals surface area contributed by atoms with Crippen LogP contribution in [0, 0.1) is 6.92 Å². The SMILES string of the molecule is Cc1ccc(NS(=O)(=O)c2ccc(C(=O)Nc3ccc(N(C)C)nc3)cc2)cc1. The summed E-state index contributed by atoms with van der Waals surface area (Å²) in [6, 6.07) is 16.3. The number of hydrogen-bond acceptors (Lipinski definition) is 5. The maximum Gasteiger partial charge on any atom is 0.261 e. The van der Waals surface area contributed by atoms with E-state index >= 15 is 0 Å². The monoisotopic (exact) mass is 410 g/mol. The summed E-state index contributed by atoms with van der Waals surface area (Å²) in [5, 5.41) is 2.74. The molecule has 0 saturated heterocycles. The van der Waals surface area contributed by atoms with Crippen LogP contribution in [-0.2, 0) is 10.0 Å². The Hall–Kier alpha value is -3.39. The smallest absolute Gasteiger partial charge is 0.261 e. The molecule has 0 aliphatic rings. The lowest BCUT2D eigenvalue weighted by Crippen LogP contribution is -2.15. The summed E-state index contributed by atoms with van der Waals surface area (Å²) in [5.41, 5.74) is 2.41. The molecule has 0 aliphatic heterocycles. The second-order valence-corrected chi connectivity index (χ2v) is 8.43. The lowest BCUT2D eigenvalue weighted by atomic mass is 10.2. The average molecular weight is 410 g/mol. The van der Waals surface area contributed by atoms with E-state index in [1.165, 1.54) is 24.3 Å². The van der Waals surface area contributed by atoms with E-state index in [9.17, 15) is 13.2 Å². The van der Waals surface area contributed by atoms with Crippen molar-refractivity contribution in [2.45, 2.75) is 11.8 Å². The third kappa shape index (κ3) is 5.11. The van der Waals surface area contributed by atoms with Crippen LogP contribution >= 0.6 is 0 Å². The zero-order valence-corrected chi connectivity index (χ0v) is 17.2. The molecule has 7 nitrogen and oxygen atoms in total. The lowest BCUT2D eigenvalue weighted by molar-refractivity contribution is 0.102. The van der Waals surface area contributed by atoms with E-state index < -0.39 is 10.0 Å². The van der Waals surface area contributed by atoms with Gasteiger partial charge in [0.05, 0.1) is 16.8 Å². The molecule has 1 aromatic heterocycles. The summed E-state index contributed by atoms with van der Waals surface area (Å²) in [6.45, 7) is 1.93. The van der Waals surface area contributed by atoms with Crippen molar-refractivity contribution in [2.24, 2.45) is 0 Å². The van der Waals surface area contributed by atoms with Gasteiger partial charge >= 0.3 is 0 Å². The average Bonchev–Trinajstić information content (AvgIpc) is 2.70.